The first kappa shape index (κ1) is 13.2. The Hall–Kier alpha value is -2.21. The van der Waals surface area contributed by atoms with Crippen molar-refractivity contribution in [3.63, 3.8) is 0 Å². The Labute approximate surface area is 111 Å². The molecule has 0 radical (unpaired) electrons. The van der Waals surface area contributed by atoms with Gasteiger partial charge in [-0.1, -0.05) is 37.3 Å². The number of hydrogen-bond acceptors (Lipinski definition) is 4. The maximum atomic E-state index is 12.0. The maximum Gasteiger partial charge on any atom is 0.244 e. The number of primary amides is 1. The lowest BCUT2D eigenvalue weighted by Crippen LogP contribution is -2.55. The van der Waals surface area contributed by atoms with Gasteiger partial charge in [0, 0.05) is 0 Å². The highest BCUT2D eigenvalue weighted by atomic mass is 16.1. The first-order chi connectivity index (χ1) is 9.19. The van der Waals surface area contributed by atoms with E-state index in [0.717, 1.165) is 5.56 Å². The molecular formula is C13H17N5O. The van der Waals surface area contributed by atoms with Crippen LogP contribution in [0.2, 0.25) is 0 Å². The molecule has 0 aliphatic rings. The molecule has 0 aliphatic heterocycles. The van der Waals surface area contributed by atoms with E-state index in [0.29, 0.717) is 13.1 Å². The van der Waals surface area contributed by atoms with Crippen LogP contribution in [-0.4, -0.2) is 27.2 Å². The number of hydrogen-bond donors (Lipinski definition) is 2. The Morgan fingerprint density at radius 2 is 2.16 bits per heavy atom. The van der Waals surface area contributed by atoms with Crippen LogP contribution in [0.5, 0.6) is 0 Å². The molecule has 0 saturated carbocycles. The number of nitrogens with two attached hydrogens (primary N) is 1. The van der Waals surface area contributed by atoms with Crippen molar-refractivity contribution in [3.05, 3.63) is 48.5 Å². The van der Waals surface area contributed by atoms with Crippen LogP contribution >= 0.6 is 0 Å². The molecule has 0 aliphatic carbocycles. The lowest BCUT2D eigenvalue weighted by molar-refractivity contribution is -0.125. The number of likely N-dealkylation sites (N-methyl/N-ethyl adjacent to an activating group) is 1. The van der Waals surface area contributed by atoms with Crippen molar-refractivity contribution in [1.29, 1.82) is 0 Å². The SMILES string of the molecule is CCNC(Cn1cncn1)(C(N)=O)c1ccccc1. The zero-order chi connectivity index (χ0) is 13.7. The van der Waals surface area contributed by atoms with E-state index >= 15 is 0 Å². The molecule has 1 aromatic carbocycles. The fourth-order valence-corrected chi connectivity index (χ4v) is 2.14. The van der Waals surface area contributed by atoms with Crippen molar-refractivity contribution in [2.24, 2.45) is 5.73 Å². The fraction of sp³-hybridized carbons (Fsp3) is 0.308. The second-order valence-corrected chi connectivity index (χ2v) is 4.26. The molecule has 0 spiro atoms. The van der Waals surface area contributed by atoms with Crippen LogP contribution in [0.25, 0.3) is 0 Å². The summed E-state index contributed by atoms with van der Waals surface area (Å²) in [5.41, 5.74) is 5.48. The van der Waals surface area contributed by atoms with Crippen LogP contribution in [0.15, 0.2) is 43.0 Å². The van der Waals surface area contributed by atoms with Gasteiger partial charge in [0.2, 0.25) is 5.91 Å². The second-order valence-electron chi connectivity index (χ2n) is 4.26. The normalized spacial score (nSPS) is 13.9. The number of carbonyl (C=O) groups excluding carboxylic acids is 1. The average molecular weight is 259 g/mol. The molecule has 2 aromatic rings. The van der Waals surface area contributed by atoms with Gasteiger partial charge in [-0.05, 0) is 12.1 Å². The van der Waals surface area contributed by atoms with Crippen molar-refractivity contribution in [2.45, 2.75) is 19.0 Å². The Kier molecular flexibility index (Phi) is 3.91. The second kappa shape index (κ2) is 5.62. The van der Waals surface area contributed by atoms with Crippen molar-refractivity contribution in [2.75, 3.05) is 6.54 Å². The quantitative estimate of drug-likeness (QED) is 0.779. The number of carbonyl (C=O) groups is 1. The summed E-state index contributed by atoms with van der Waals surface area (Å²) in [6, 6.07) is 9.42. The molecule has 1 atom stereocenters. The molecule has 1 heterocycles. The van der Waals surface area contributed by atoms with Crippen molar-refractivity contribution >= 4 is 5.91 Å². The topological polar surface area (TPSA) is 85.8 Å². The third-order valence-electron chi connectivity index (χ3n) is 3.03. The Bertz CT molecular complexity index is 525. The van der Waals surface area contributed by atoms with E-state index in [-0.39, 0.29) is 0 Å². The fourth-order valence-electron chi connectivity index (χ4n) is 2.14. The average Bonchev–Trinajstić information content (AvgIpc) is 2.91. The van der Waals surface area contributed by atoms with Gasteiger partial charge in [0.15, 0.2) is 0 Å². The highest BCUT2D eigenvalue weighted by Crippen LogP contribution is 2.22. The predicted molar refractivity (Wildman–Crippen MR) is 71.0 cm³/mol. The molecule has 0 saturated heterocycles. The lowest BCUT2D eigenvalue weighted by atomic mass is 9.88. The number of amides is 1. The van der Waals surface area contributed by atoms with E-state index in [1.165, 1.54) is 6.33 Å². The van der Waals surface area contributed by atoms with Gasteiger partial charge in [0.05, 0.1) is 6.54 Å². The molecule has 1 amide bonds. The van der Waals surface area contributed by atoms with Gasteiger partial charge in [0.1, 0.15) is 18.2 Å². The third-order valence-corrected chi connectivity index (χ3v) is 3.03. The summed E-state index contributed by atoms with van der Waals surface area (Å²) in [7, 11) is 0. The number of nitrogens with zero attached hydrogens (tertiary/aromatic N) is 3. The Morgan fingerprint density at radius 3 is 2.68 bits per heavy atom. The van der Waals surface area contributed by atoms with E-state index in [4.69, 9.17) is 5.73 Å². The van der Waals surface area contributed by atoms with E-state index in [1.54, 1.807) is 11.0 Å². The number of nitrogens with one attached hydrogen (secondary N) is 1. The van der Waals surface area contributed by atoms with Crippen LogP contribution < -0.4 is 11.1 Å². The van der Waals surface area contributed by atoms with Crippen LogP contribution in [0.3, 0.4) is 0 Å². The van der Waals surface area contributed by atoms with Gasteiger partial charge in [0.25, 0.3) is 0 Å². The maximum absolute atomic E-state index is 12.0. The minimum absolute atomic E-state index is 0.306. The molecule has 19 heavy (non-hydrogen) atoms. The molecule has 1 aromatic heterocycles. The summed E-state index contributed by atoms with van der Waals surface area (Å²) in [6.45, 7) is 2.86. The van der Waals surface area contributed by atoms with E-state index in [2.05, 4.69) is 15.4 Å². The highest BCUT2D eigenvalue weighted by molar-refractivity contribution is 5.86. The number of rotatable bonds is 6. The Balaban J connectivity index is 2.44. The highest BCUT2D eigenvalue weighted by Gasteiger charge is 2.38. The summed E-state index contributed by atoms with van der Waals surface area (Å²) in [4.78, 5) is 15.9. The van der Waals surface area contributed by atoms with Crippen molar-refractivity contribution < 1.29 is 4.79 Å². The van der Waals surface area contributed by atoms with Gasteiger partial charge in [-0.3, -0.25) is 14.8 Å². The number of aromatic nitrogens is 3. The van der Waals surface area contributed by atoms with Crippen LogP contribution in [-0.2, 0) is 16.9 Å². The van der Waals surface area contributed by atoms with Gasteiger partial charge in [-0.25, -0.2) is 4.98 Å². The third kappa shape index (κ3) is 2.63. The molecule has 100 valence electrons. The van der Waals surface area contributed by atoms with E-state index in [1.807, 2.05) is 37.3 Å². The molecule has 0 bridgehead atoms. The lowest BCUT2D eigenvalue weighted by Gasteiger charge is -2.31. The monoisotopic (exact) mass is 259 g/mol. The van der Waals surface area contributed by atoms with Crippen molar-refractivity contribution in [3.8, 4) is 0 Å². The van der Waals surface area contributed by atoms with Crippen LogP contribution in [0.4, 0.5) is 0 Å². The molecule has 0 fully saturated rings. The Morgan fingerprint density at radius 1 is 1.42 bits per heavy atom. The molecule has 2 rings (SSSR count). The molecule has 1 unspecified atom stereocenters. The smallest absolute Gasteiger partial charge is 0.244 e. The summed E-state index contributed by atoms with van der Waals surface area (Å²) >= 11 is 0. The van der Waals surface area contributed by atoms with Gasteiger partial charge in [-0.2, -0.15) is 5.10 Å². The summed E-state index contributed by atoms with van der Waals surface area (Å²) in [6.07, 6.45) is 3.00. The minimum atomic E-state index is -0.982. The summed E-state index contributed by atoms with van der Waals surface area (Å²) in [5.74, 6) is -0.434. The number of benzene rings is 1. The minimum Gasteiger partial charge on any atom is -0.368 e. The standard InChI is InChI=1S/C13H17N5O/c1-2-16-13(12(14)19,8-18-10-15-9-17-18)11-6-4-3-5-7-11/h3-7,9-10,16H,2,8H2,1H3,(H2,14,19). The molecule has 3 N–H and O–H groups in total. The summed E-state index contributed by atoms with van der Waals surface area (Å²) < 4.78 is 1.60. The van der Waals surface area contributed by atoms with E-state index in [9.17, 15) is 4.79 Å². The molecule has 6 nitrogen and oxygen atoms in total. The van der Waals surface area contributed by atoms with E-state index < -0.39 is 11.4 Å². The summed E-state index contributed by atoms with van der Waals surface area (Å²) in [5, 5.41) is 7.24. The zero-order valence-electron chi connectivity index (χ0n) is 10.8. The van der Waals surface area contributed by atoms with Crippen LogP contribution in [0.1, 0.15) is 12.5 Å². The van der Waals surface area contributed by atoms with Gasteiger partial charge in [-0.15, -0.1) is 0 Å². The van der Waals surface area contributed by atoms with Gasteiger partial charge >= 0.3 is 0 Å². The molecular weight excluding hydrogens is 242 g/mol. The zero-order valence-corrected chi connectivity index (χ0v) is 10.8. The first-order valence-corrected chi connectivity index (χ1v) is 6.12. The predicted octanol–water partition coefficient (Wildman–Crippen LogP) is 0.268. The van der Waals surface area contributed by atoms with Crippen molar-refractivity contribution in [1.82, 2.24) is 20.1 Å². The van der Waals surface area contributed by atoms with Gasteiger partial charge < -0.3 is 5.73 Å². The van der Waals surface area contributed by atoms with Crippen LogP contribution in [0, 0.1) is 0 Å². The first-order valence-electron chi connectivity index (χ1n) is 6.12. The molecule has 6 heteroatoms. The largest absolute Gasteiger partial charge is 0.368 e.